The van der Waals surface area contributed by atoms with Crippen molar-refractivity contribution in [2.45, 2.75) is 65.3 Å². The number of aryl methyl sites for hydroxylation is 2. The van der Waals surface area contributed by atoms with Gasteiger partial charge < -0.3 is 5.32 Å². The minimum absolute atomic E-state index is 0.125. The SMILES string of the molecule is CCn1nc(C)cc1NC(=O)CCC1CCCCC1. The van der Waals surface area contributed by atoms with E-state index in [-0.39, 0.29) is 5.91 Å². The van der Waals surface area contributed by atoms with Crippen LogP contribution in [0.1, 0.15) is 57.6 Å². The van der Waals surface area contributed by atoms with Gasteiger partial charge in [0, 0.05) is 19.0 Å². The summed E-state index contributed by atoms with van der Waals surface area (Å²) in [6, 6.07) is 1.93. The summed E-state index contributed by atoms with van der Waals surface area (Å²) in [6.07, 6.45) is 8.34. The van der Waals surface area contributed by atoms with Crippen LogP contribution >= 0.6 is 0 Å². The van der Waals surface area contributed by atoms with Crippen LogP contribution in [0, 0.1) is 12.8 Å². The molecule has 4 heteroatoms. The minimum atomic E-state index is 0.125. The number of carbonyl (C=O) groups excluding carboxylic acids is 1. The minimum Gasteiger partial charge on any atom is -0.311 e. The first-order valence-electron chi connectivity index (χ1n) is 7.53. The highest BCUT2D eigenvalue weighted by atomic mass is 16.1. The Morgan fingerprint density at radius 1 is 1.42 bits per heavy atom. The topological polar surface area (TPSA) is 46.9 Å². The Morgan fingerprint density at radius 3 is 2.84 bits per heavy atom. The standard InChI is InChI=1S/C15H25N3O/c1-3-18-14(11-12(2)17-18)16-15(19)10-9-13-7-5-4-6-8-13/h11,13H,3-10H2,1-2H3,(H,16,19). The molecule has 4 nitrogen and oxygen atoms in total. The molecule has 19 heavy (non-hydrogen) atoms. The van der Waals surface area contributed by atoms with Crippen LogP contribution in [-0.2, 0) is 11.3 Å². The summed E-state index contributed by atoms with van der Waals surface area (Å²) in [5.74, 6) is 1.71. The van der Waals surface area contributed by atoms with E-state index in [0.717, 1.165) is 30.4 Å². The third kappa shape index (κ3) is 4.08. The number of nitrogens with one attached hydrogen (secondary N) is 1. The third-order valence-corrected chi connectivity index (χ3v) is 3.97. The smallest absolute Gasteiger partial charge is 0.225 e. The first-order chi connectivity index (χ1) is 9.19. The van der Waals surface area contributed by atoms with Crippen molar-refractivity contribution >= 4 is 11.7 Å². The van der Waals surface area contributed by atoms with E-state index in [9.17, 15) is 4.79 Å². The summed E-state index contributed by atoms with van der Waals surface area (Å²) >= 11 is 0. The van der Waals surface area contributed by atoms with Crippen molar-refractivity contribution in [1.82, 2.24) is 9.78 Å². The van der Waals surface area contributed by atoms with E-state index in [1.165, 1.54) is 32.1 Å². The number of nitrogens with zero attached hydrogens (tertiary/aromatic N) is 2. The van der Waals surface area contributed by atoms with E-state index in [2.05, 4.69) is 10.4 Å². The number of hydrogen-bond donors (Lipinski definition) is 1. The Labute approximate surface area is 115 Å². The maximum atomic E-state index is 12.0. The number of amides is 1. The van der Waals surface area contributed by atoms with Crippen molar-refractivity contribution in [3.63, 3.8) is 0 Å². The lowest BCUT2D eigenvalue weighted by molar-refractivity contribution is -0.116. The van der Waals surface area contributed by atoms with E-state index in [1.54, 1.807) is 0 Å². The average molecular weight is 263 g/mol. The molecular formula is C15H25N3O. The molecule has 0 bridgehead atoms. The van der Waals surface area contributed by atoms with Crippen LogP contribution < -0.4 is 5.32 Å². The molecule has 0 atom stereocenters. The molecule has 0 unspecified atom stereocenters. The largest absolute Gasteiger partial charge is 0.311 e. The third-order valence-electron chi connectivity index (χ3n) is 3.97. The molecule has 106 valence electrons. The maximum Gasteiger partial charge on any atom is 0.225 e. The number of anilines is 1. The molecule has 1 heterocycles. The van der Waals surface area contributed by atoms with Crippen molar-refractivity contribution in [1.29, 1.82) is 0 Å². The zero-order valence-electron chi connectivity index (χ0n) is 12.1. The van der Waals surface area contributed by atoms with Gasteiger partial charge in [0.2, 0.25) is 5.91 Å². The van der Waals surface area contributed by atoms with E-state index in [4.69, 9.17) is 0 Å². The number of carbonyl (C=O) groups is 1. The molecule has 1 amide bonds. The fourth-order valence-electron chi connectivity index (χ4n) is 2.90. The zero-order valence-corrected chi connectivity index (χ0v) is 12.1. The van der Waals surface area contributed by atoms with Crippen molar-refractivity contribution < 1.29 is 4.79 Å². The van der Waals surface area contributed by atoms with Crippen LogP contribution in [0.3, 0.4) is 0 Å². The van der Waals surface area contributed by atoms with Crippen LogP contribution in [-0.4, -0.2) is 15.7 Å². The van der Waals surface area contributed by atoms with E-state index >= 15 is 0 Å². The quantitative estimate of drug-likeness (QED) is 0.883. The Hall–Kier alpha value is -1.32. The molecule has 1 N–H and O–H groups in total. The highest BCUT2D eigenvalue weighted by Gasteiger charge is 2.15. The fraction of sp³-hybridized carbons (Fsp3) is 0.733. The first-order valence-corrected chi connectivity index (χ1v) is 7.53. The molecule has 1 saturated carbocycles. The molecule has 2 rings (SSSR count). The summed E-state index contributed by atoms with van der Waals surface area (Å²) in [5.41, 5.74) is 0.949. The van der Waals surface area contributed by atoms with Gasteiger partial charge >= 0.3 is 0 Å². The van der Waals surface area contributed by atoms with Gasteiger partial charge in [-0.1, -0.05) is 32.1 Å². The second kappa shape index (κ2) is 6.73. The Kier molecular flexibility index (Phi) is 5.00. The zero-order chi connectivity index (χ0) is 13.7. The van der Waals surface area contributed by atoms with Gasteiger partial charge in [0.1, 0.15) is 5.82 Å². The number of hydrogen-bond acceptors (Lipinski definition) is 2. The number of aromatic nitrogens is 2. The van der Waals surface area contributed by atoms with Crippen LogP contribution in [0.5, 0.6) is 0 Å². The summed E-state index contributed by atoms with van der Waals surface area (Å²) < 4.78 is 1.84. The summed E-state index contributed by atoms with van der Waals surface area (Å²) in [7, 11) is 0. The molecule has 1 aromatic heterocycles. The second-order valence-corrected chi connectivity index (χ2v) is 5.58. The van der Waals surface area contributed by atoms with E-state index in [1.807, 2.05) is 24.6 Å². The predicted octanol–water partition coefficient (Wildman–Crippen LogP) is 3.51. The monoisotopic (exact) mass is 263 g/mol. The van der Waals surface area contributed by atoms with Crippen LogP contribution in [0.25, 0.3) is 0 Å². The fourth-order valence-corrected chi connectivity index (χ4v) is 2.90. The number of rotatable bonds is 5. The molecule has 0 aliphatic heterocycles. The van der Waals surface area contributed by atoms with Gasteiger partial charge in [-0.05, 0) is 26.2 Å². The Morgan fingerprint density at radius 2 is 2.16 bits per heavy atom. The molecule has 0 aromatic carbocycles. The molecule has 1 fully saturated rings. The summed E-state index contributed by atoms with van der Waals surface area (Å²) in [4.78, 5) is 12.0. The summed E-state index contributed by atoms with van der Waals surface area (Å²) in [6.45, 7) is 4.76. The lowest BCUT2D eigenvalue weighted by Crippen LogP contribution is -2.17. The predicted molar refractivity (Wildman–Crippen MR) is 77.1 cm³/mol. The lowest BCUT2D eigenvalue weighted by atomic mass is 9.86. The molecule has 0 spiro atoms. The van der Waals surface area contributed by atoms with Gasteiger partial charge in [0.05, 0.1) is 5.69 Å². The highest BCUT2D eigenvalue weighted by molar-refractivity contribution is 5.89. The summed E-state index contributed by atoms with van der Waals surface area (Å²) in [5, 5.41) is 7.32. The molecule has 0 saturated heterocycles. The van der Waals surface area contributed by atoms with Gasteiger partial charge in [-0.3, -0.25) is 4.79 Å². The average Bonchev–Trinajstić information content (AvgIpc) is 2.77. The molecule has 0 radical (unpaired) electrons. The molecule has 1 aliphatic rings. The van der Waals surface area contributed by atoms with Gasteiger partial charge in [-0.15, -0.1) is 0 Å². The van der Waals surface area contributed by atoms with Gasteiger partial charge in [0.15, 0.2) is 0 Å². The van der Waals surface area contributed by atoms with Crippen molar-refractivity contribution in [3.8, 4) is 0 Å². The van der Waals surface area contributed by atoms with Gasteiger partial charge in [-0.2, -0.15) is 5.10 Å². The maximum absolute atomic E-state index is 12.0. The Balaban J connectivity index is 1.80. The normalized spacial score (nSPS) is 16.5. The van der Waals surface area contributed by atoms with Crippen molar-refractivity contribution in [2.75, 3.05) is 5.32 Å². The Bertz CT molecular complexity index is 419. The van der Waals surface area contributed by atoms with Gasteiger partial charge in [0.25, 0.3) is 0 Å². The van der Waals surface area contributed by atoms with Crippen LogP contribution in [0.4, 0.5) is 5.82 Å². The molecular weight excluding hydrogens is 238 g/mol. The van der Waals surface area contributed by atoms with Gasteiger partial charge in [-0.25, -0.2) is 4.68 Å². The highest BCUT2D eigenvalue weighted by Crippen LogP contribution is 2.27. The molecule has 1 aliphatic carbocycles. The van der Waals surface area contributed by atoms with Crippen molar-refractivity contribution in [3.05, 3.63) is 11.8 Å². The van der Waals surface area contributed by atoms with Crippen LogP contribution in [0.2, 0.25) is 0 Å². The van der Waals surface area contributed by atoms with E-state index < -0.39 is 0 Å². The molecule has 1 aromatic rings. The second-order valence-electron chi connectivity index (χ2n) is 5.58. The van der Waals surface area contributed by atoms with E-state index in [0.29, 0.717) is 6.42 Å². The first kappa shape index (κ1) is 14.1. The lowest BCUT2D eigenvalue weighted by Gasteiger charge is -2.21. The van der Waals surface area contributed by atoms with Crippen LogP contribution in [0.15, 0.2) is 6.07 Å². The van der Waals surface area contributed by atoms with Crippen molar-refractivity contribution in [2.24, 2.45) is 5.92 Å².